The molecule has 0 fully saturated rings. The Bertz CT molecular complexity index is 622. The zero-order valence-electron chi connectivity index (χ0n) is 11.8. The van der Waals surface area contributed by atoms with E-state index in [0.717, 1.165) is 5.56 Å². The maximum atomic E-state index is 12.1. The van der Waals surface area contributed by atoms with E-state index < -0.39 is 12.0 Å². The molecule has 0 saturated heterocycles. The second-order valence-electron chi connectivity index (χ2n) is 4.56. The molecule has 1 N–H and O–H groups in total. The van der Waals surface area contributed by atoms with E-state index in [4.69, 9.17) is 9.26 Å². The fraction of sp³-hybridized carbons (Fsp3) is 0.267. The molecule has 1 atom stereocenters. The number of hydrogen-bond donors (Lipinski definition) is 1. The van der Waals surface area contributed by atoms with Crippen LogP contribution in [0.15, 0.2) is 40.9 Å². The number of rotatable bonds is 5. The zero-order chi connectivity index (χ0) is 15.2. The van der Waals surface area contributed by atoms with Crippen LogP contribution in [-0.2, 0) is 9.53 Å². The summed E-state index contributed by atoms with van der Waals surface area (Å²) in [6, 6.07) is 10.4. The number of nitrogens with one attached hydrogen (secondary N) is 1. The Balaban J connectivity index is 2.12. The van der Waals surface area contributed by atoms with E-state index in [0.29, 0.717) is 5.76 Å². The van der Waals surface area contributed by atoms with E-state index in [1.807, 2.05) is 30.3 Å². The van der Waals surface area contributed by atoms with Crippen molar-refractivity contribution in [3.63, 3.8) is 0 Å². The van der Waals surface area contributed by atoms with Gasteiger partial charge in [-0.05, 0) is 12.5 Å². The second kappa shape index (κ2) is 6.69. The van der Waals surface area contributed by atoms with Crippen molar-refractivity contribution in [1.29, 1.82) is 0 Å². The van der Waals surface area contributed by atoms with Gasteiger partial charge in [0.1, 0.15) is 12.4 Å². The normalized spacial score (nSPS) is 11.7. The molecule has 2 aromatic rings. The van der Waals surface area contributed by atoms with Gasteiger partial charge in [-0.15, -0.1) is 0 Å². The third-order valence-corrected chi connectivity index (χ3v) is 2.82. The lowest BCUT2D eigenvalue weighted by molar-refractivity contribution is -0.141. The van der Waals surface area contributed by atoms with Crippen LogP contribution in [0.4, 0.5) is 0 Å². The standard InChI is InChI=1S/C15H16N2O4/c1-10-8-13(17-21-10)15(19)16-14(9-20-11(2)18)12-6-4-3-5-7-12/h3-8,14H,9H2,1-2H3,(H,16,19). The summed E-state index contributed by atoms with van der Waals surface area (Å²) >= 11 is 0. The average Bonchev–Trinajstić information content (AvgIpc) is 2.90. The molecule has 0 aliphatic heterocycles. The van der Waals surface area contributed by atoms with Crippen LogP contribution in [0.25, 0.3) is 0 Å². The highest BCUT2D eigenvalue weighted by molar-refractivity contribution is 5.92. The van der Waals surface area contributed by atoms with Crippen LogP contribution in [0.1, 0.15) is 34.8 Å². The van der Waals surface area contributed by atoms with Gasteiger partial charge < -0.3 is 14.6 Å². The number of benzene rings is 1. The number of aromatic nitrogens is 1. The van der Waals surface area contributed by atoms with Gasteiger partial charge >= 0.3 is 5.97 Å². The molecule has 0 bridgehead atoms. The highest BCUT2D eigenvalue weighted by Crippen LogP contribution is 2.14. The first kappa shape index (κ1) is 14.8. The van der Waals surface area contributed by atoms with Gasteiger partial charge in [0.05, 0.1) is 6.04 Å². The molecule has 0 radical (unpaired) electrons. The van der Waals surface area contributed by atoms with E-state index in [-0.39, 0.29) is 18.2 Å². The number of aryl methyl sites for hydroxylation is 1. The molecule has 1 aromatic carbocycles. The summed E-state index contributed by atoms with van der Waals surface area (Å²) in [5.41, 5.74) is 1.03. The number of carbonyl (C=O) groups is 2. The van der Waals surface area contributed by atoms with Crippen LogP contribution < -0.4 is 5.32 Å². The number of carbonyl (C=O) groups excluding carboxylic acids is 2. The summed E-state index contributed by atoms with van der Waals surface area (Å²) in [6.07, 6.45) is 0. The maximum absolute atomic E-state index is 12.1. The van der Waals surface area contributed by atoms with Gasteiger partial charge in [0.15, 0.2) is 5.69 Å². The summed E-state index contributed by atoms with van der Waals surface area (Å²) in [5, 5.41) is 6.44. The lowest BCUT2D eigenvalue weighted by Gasteiger charge is -2.18. The monoisotopic (exact) mass is 288 g/mol. The third kappa shape index (κ3) is 4.17. The largest absolute Gasteiger partial charge is 0.463 e. The molecule has 6 nitrogen and oxygen atoms in total. The molecule has 1 unspecified atom stereocenters. The van der Waals surface area contributed by atoms with Crippen molar-refractivity contribution in [3.8, 4) is 0 Å². The minimum absolute atomic E-state index is 0.0575. The summed E-state index contributed by atoms with van der Waals surface area (Å²) in [5.74, 6) is -0.230. The van der Waals surface area contributed by atoms with Crippen LogP contribution in [0.2, 0.25) is 0 Å². The van der Waals surface area contributed by atoms with Crippen LogP contribution >= 0.6 is 0 Å². The Hall–Kier alpha value is -2.63. The topological polar surface area (TPSA) is 81.4 Å². The number of nitrogens with zero attached hydrogens (tertiary/aromatic N) is 1. The minimum atomic E-state index is -0.445. The van der Waals surface area contributed by atoms with E-state index in [1.54, 1.807) is 13.0 Å². The van der Waals surface area contributed by atoms with Crippen molar-refractivity contribution in [2.45, 2.75) is 19.9 Å². The van der Waals surface area contributed by atoms with Crippen LogP contribution in [0.3, 0.4) is 0 Å². The summed E-state index contributed by atoms with van der Waals surface area (Å²) in [6.45, 7) is 3.09. The Morgan fingerprint density at radius 1 is 1.33 bits per heavy atom. The highest BCUT2D eigenvalue weighted by Gasteiger charge is 2.19. The highest BCUT2D eigenvalue weighted by atomic mass is 16.5. The Labute approximate surface area is 122 Å². The van der Waals surface area contributed by atoms with Gasteiger partial charge in [0, 0.05) is 13.0 Å². The predicted molar refractivity (Wildman–Crippen MR) is 74.5 cm³/mol. The summed E-state index contributed by atoms with van der Waals surface area (Å²) < 4.78 is 9.88. The molecule has 21 heavy (non-hydrogen) atoms. The SMILES string of the molecule is CC(=O)OCC(NC(=O)c1cc(C)on1)c1ccccc1. The van der Waals surface area contributed by atoms with Crippen LogP contribution in [0, 0.1) is 6.92 Å². The van der Waals surface area contributed by atoms with Crippen molar-refractivity contribution in [3.05, 3.63) is 53.4 Å². The molecule has 2 rings (SSSR count). The fourth-order valence-corrected chi connectivity index (χ4v) is 1.81. The Morgan fingerprint density at radius 2 is 2.05 bits per heavy atom. The molecule has 0 saturated carbocycles. The van der Waals surface area contributed by atoms with Gasteiger partial charge in [0.25, 0.3) is 5.91 Å². The number of esters is 1. The summed E-state index contributed by atoms with van der Waals surface area (Å²) in [7, 11) is 0. The fourth-order valence-electron chi connectivity index (χ4n) is 1.81. The quantitative estimate of drug-likeness (QED) is 0.851. The number of ether oxygens (including phenoxy) is 1. The Morgan fingerprint density at radius 3 is 2.62 bits per heavy atom. The first-order chi connectivity index (χ1) is 10.1. The smallest absolute Gasteiger partial charge is 0.302 e. The molecule has 0 aliphatic rings. The molecule has 1 aromatic heterocycles. The first-order valence-corrected chi connectivity index (χ1v) is 6.48. The van der Waals surface area contributed by atoms with Crippen molar-refractivity contribution < 1.29 is 18.8 Å². The van der Waals surface area contributed by atoms with Crippen molar-refractivity contribution in [1.82, 2.24) is 10.5 Å². The zero-order valence-corrected chi connectivity index (χ0v) is 11.8. The van der Waals surface area contributed by atoms with E-state index in [1.165, 1.54) is 6.92 Å². The van der Waals surface area contributed by atoms with E-state index in [2.05, 4.69) is 10.5 Å². The van der Waals surface area contributed by atoms with Crippen LogP contribution in [0.5, 0.6) is 0 Å². The van der Waals surface area contributed by atoms with Crippen molar-refractivity contribution in [2.75, 3.05) is 6.61 Å². The molecule has 0 spiro atoms. The van der Waals surface area contributed by atoms with Gasteiger partial charge in [-0.1, -0.05) is 35.5 Å². The maximum Gasteiger partial charge on any atom is 0.302 e. The number of hydrogen-bond acceptors (Lipinski definition) is 5. The van der Waals surface area contributed by atoms with Gasteiger partial charge in [-0.25, -0.2) is 0 Å². The molecule has 6 heteroatoms. The molecular formula is C15H16N2O4. The van der Waals surface area contributed by atoms with Gasteiger partial charge in [0.2, 0.25) is 0 Å². The molecular weight excluding hydrogens is 272 g/mol. The third-order valence-electron chi connectivity index (χ3n) is 2.82. The van der Waals surface area contributed by atoms with E-state index >= 15 is 0 Å². The van der Waals surface area contributed by atoms with Crippen molar-refractivity contribution >= 4 is 11.9 Å². The predicted octanol–water partition coefficient (Wildman–Crippen LogP) is 2.02. The minimum Gasteiger partial charge on any atom is -0.463 e. The molecule has 110 valence electrons. The van der Waals surface area contributed by atoms with Crippen molar-refractivity contribution in [2.24, 2.45) is 0 Å². The summed E-state index contributed by atoms with van der Waals surface area (Å²) in [4.78, 5) is 23.1. The molecule has 0 aliphatic carbocycles. The lowest BCUT2D eigenvalue weighted by atomic mass is 10.1. The van der Waals surface area contributed by atoms with Gasteiger partial charge in [-0.3, -0.25) is 9.59 Å². The Kier molecular flexibility index (Phi) is 4.71. The van der Waals surface area contributed by atoms with Gasteiger partial charge in [-0.2, -0.15) is 0 Å². The lowest BCUT2D eigenvalue weighted by Crippen LogP contribution is -2.32. The second-order valence-corrected chi connectivity index (χ2v) is 4.56. The first-order valence-electron chi connectivity index (χ1n) is 6.48. The number of amides is 1. The average molecular weight is 288 g/mol. The van der Waals surface area contributed by atoms with E-state index in [9.17, 15) is 9.59 Å². The van der Waals surface area contributed by atoms with Crippen LogP contribution in [-0.4, -0.2) is 23.6 Å². The molecule has 1 heterocycles. The molecule has 1 amide bonds.